The normalized spacial score (nSPS) is 15.5. The zero-order valence-electron chi connectivity index (χ0n) is 18.4. The number of hydrogen-bond acceptors (Lipinski definition) is 4. The zero-order chi connectivity index (χ0) is 22.9. The maximum absolute atomic E-state index is 13.0. The number of fused-ring (bicyclic) bond motifs is 1. The fourth-order valence-corrected chi connectivity index (χ4v) is 3.86. The Labute approximate surface area is 193 Å². The van der Waals surface area contributed by atoms with Gasteiger partial charge in [0.25, 0.3) is 0 Å². The zero-order valence-corrected chi connectivity index (χ0v) is 18.4. The Morgan fingerprint density at radius 2 is 1.58 bits per heavy atom. The van der Waals surface area contributed by atoms with Crippen LogP contribution in [0.25, 0.3) is 0 Å². The fraction of sp³-hybridized carbons (Fsp3) is 0.259. The van der Waals surface area contributed by atoms with Gasteiger partial charge in [0, 0.05) is 18.9 Å². The number of benzene rings is 3. The Morgan fingerprint density at radius 1 is 0.909 bits per heavy atom. The highest BCUT2D eigenvalue weighted by molar-refractivity contribution is 5.85. The molecule has 0 saturated heterocycles. The van der Waals surface area contributed by atoms with Gasteiger partial charge in [-0.15, -0.1) is 0 Å². The molecule has 3 aromatic carbocycles. The summed E-state index contributed by atoms with van der Waals surface area (Å²) in [6.45, 7) is 1.16. The van der Waals surface area contributed by atoms with Crippen molar-refractivity contribution in [3.8, 4) is 5.75 Å². The van der Waals surface area contributed by atoms with Gasteiger partial charge in [-0.05, 0) is 29.2 Å². The minimum absolute atomic E-state index is 0.144. The average molecular weight is 445 g/mol. The Kier molecular flexibility index (Phi) is 7.59. The molecule has 1 aliphatic heterocycles. The highest BCUT2D eigenvalue weighted by Crippen LogP contribution is 2.26. The second kappa shape index (κ2) is 11.2. The SMILES string of the molecule is O=C(NC(Cc1ccccc1)C(=O)NCC1COc2ccccc2C1)OCc1ccccc1. The third-order valence-electron chi connectivity index (χ3n) is 5.62. The topological polar surface area (TPSA) is 76.7 Å². The van der Waals surface area contributed by atoms with Gasteiger partial charge in [0.15, 0.2) is 0 Å². The molecule has 6 nitrogen and oxygen atoms in total. The molecule has 0 aromatic heterocycles. The van der Waals surface area contributed by atoms with Crippen molar-refractivity contribution in [2.75, 3.05) is 13.2 Å². The van der Waals surface area contributed by atoms with Gasteiger partial charge in [-0.3, -0.25) is 4.79 Å². The van der Waals surface area contributed by atoms with Crippen LogP contribution in [0, 0.1) is 5.92 Å². The Balaban J connectivity index is 1.34. The first kappa shape index (κ1) is 22.4. The first-order chi connectivity index (χ1) is 16.2. The predicted octanol–water partition coefficient (Wildman–Crippen LogP) is 3.89. The van der Waals surface area contributed by atoms with Gasteiger partial charge in [0.05, 0.1) is 6.61 Å². The van der Waals surface area contributed by atoms with E-state index in [9.17, 15) is 9.59 Å². The molecule has 6 heteroatoms. The third-order valence-corrected chi connectivity index (χ3v) is 5.62. The molecule has 3 aromatic rings. The Bertz CT molecular complexity index is 1060. The molecule has 170 valence electrons. The number of amides is 2. The molecule has 4 rings (SSSR count). The fourth-order valence-electron chi connectivity index (χ4n) is 3.86. The average Bonchev–Trinajstić information content (AvgIpc) is 2.87. The van der Waals surface area contributed by atoms with E-state index in [1.54, 1.807) is 0 Å². The van der Waals surface area contributed by atoms with E-state index in [0.717, 1.165) is 28.9 Å². The van der Waals surface area contributed by atoms with Crippen LogP contribution in [0.15, 0.2) is 84.9 Å². The number of hydrogen-bond donors (Lipinski definition) is 2. The summed E-state index contributed by atoms with van der Waals surface area (Å²) in [6, 6.07) is 26.3. The minimum atomic E-state index is -0.743. The molecule has 0 radical (unpaired) electrons. The van der Waals surface area contributed by atoms with Crippen LogP contribution in [0.1, 0.15) is 16.7 Å². The summed E-state index contributed by atoms with van der Waals surface area (Å²) >= 11 is 0. The van der Waals surface area contributed by atoms with Gasteiger partial charge < -0.3 is 20.1 Å². The van der Waals surface area contributed by atoms with Gasteiger partial charge in [0.1, 0.15) is 18.4 Å². The number of ether oxygens (including phenoxy) is 2. The minimum Gasteiger partial charge on any atom is -0.493 e. The van der Waals surface area contributed by atoms with Crippen molar-refractivity contribution in [2.24, 2.45) is 5.92 Å². The highest BCUT2D eigenvalue weighted by atomic mass is 16.5. The first-order valence-corrected chi connectivity index (χ1v) is 11.2. The molecule has 0 saturated carbocycles. The van der Waals surface area contributed by atoms with Crippen LogP contribution < -0.4 is 15.4 Å². The molecule has 0 fully saturated rings. The van der Waals surface area contributed by atoms with Gasteiger partial charge in [-0.2, -0.15) is 0 Å². The van der Waals surface area contributed by atoms with E-state index < -0.39 is 12.1 Å². The molecule has 2 N–H and O–H groups in total. The van der Waals surface area contributed by atoms with E-state index in [2.05, 4.69) is 10.6 Å². The summed E-state index contributed by atoms with van der Waals surface area (Å²) in [5.41, 5.74) is 2.98. The molecule has 0 bridgehead atoms. The van der Waals surface area contributed by atoms with Crippen molar-refractivity contribution < 1.29 is 19.1 Å². The van der Waals surface area contributed by atoms with Crippen molar-refractivity contribution >= 4 is 12.0 Å². The van der Waals surface area contributed by atoms with E-state index in [0.29, 0.717) is 19.6 Å². The lowest BCUT2D eigenvalue weighted by molar-refractivity contribution is -0.123. The molecule has 0 spiro atoms. The molecule has 1 heterocycles. The van der Waals surface area contributed by atoms with Crippen LogP contribution >= 0.6 is 0 Å². The summed E-state index contributed by atoms with van der Waals surface area (Å²) < 4.78 is 11.2. The first-order valence-electron chi connectivity index (χ1n) is 11.2. The number of alkyl carbamates (subject to hydrolysis) is 1. The molecular weight excluding hydrogens is 416 g/mol. The van der Waals surface area contributed by atoms with Gasteiger partial charge in [-0.25, -0.2) is 4.79 Å². The monoisotopic (exact) mass is 444 g/mol. The highest BCUT2D eigenvalue weighted by Gasteiger charge is 2.25. The predicted molar refractivity (Wildman–Crippen MR) is 126 cm³/mol. The quantitative estimate of drug-likeness (QED) is 0.553. The molecule has 2 atom stereocenters. The number of para-hydroxylation sites is 1. The van der Waals surface area contributed by atoms with Gasteiger partial charge >= 0.3 is 6.09 Å². The molecule has 33 heavy (non-hydrogen) atoms. The van der Waals surface area contributed by atoms with Gasteiger partial charge in [-0.1, -0.05) is 78.9 Å². The largest absolute Gasteiger partial charge is 0.493 e. The van der Waals surface area contributed by atoms with Crippen LogP contribution in [0.4, 0.5) is 4.79 Å². The molecule has 1 aliphatic rings. The lowest BCUT2D eigenvalue weighted by Crippen LogP contribution is -2.49. The molecular formula is C27H28N2O4. The molecule has 0 aliphatic carbocycles. The second-order valence-corrected chi connectivity index (χ2v) is 8.18. The third kappa shape index (κ3) is 6.59. The summed E-state index contributed by atoms with van der Waals surface area (Å²) in [4.78, 5) is 25.5. The summed E-state index contributed by atoms with van der Waals surface area (Å²) in [5, 5.41) is 5.73. The molecule has 2 amide bonds. The number of nitrogens with one attached hydrogen (secondary N) is 2. The van der Waals surface area contributed by atoms with Crippen LogP contribution in [0.3, 0.4) is 0 Å². The number of rotatable bonds is 8. The van der Waals surface area contributed by atoms with E-state index in [1.165, 1.54) is 0 Å². The number of carbonyl (C=O) groups excluding carboxylic acids is 2. The van der Waals surface area contributed by atoms with E-state index in [4.69, 9.17) is 9.47 Å². The van der Waals surface area contributed by atoms with Crippen LogP contribution in [0.5, 0.6) is 5.75 Å². The number of carbonyl (C=O) groups is 2. The standard InChI is InChI=1S/C27H28N2O4/c30-26(28-17-22-15-23-13-7-8-14-25(23)32-19-22)24(16-20-9-3-1-4-10-20)29-27(31)33-18-21-11-5-2-6-12-21/h1-14,22,24H,15-19H2,(H,28,30)(H,29,31). The van der Waals surface area contributed by atoms with Crippen LogP contribution in [-0.2, 0) is 29.0 Å². The summed E-state index contributed by atoms with van der Waals surface area (Å²) in [6.07, 6.45) is 0.591. The van der Waals surface area contributed by atoms with Crippen molar-refractivity contribution in [1.29, 1.82) is 0 Å². The summed E-state index contributed by atoms with van der Waals surface area (Å²) in [5.74, 6) is 0.838. The van der Waals surface area contributed by atoms with Crippen LogP contribution in [0.2, 0.25) is 0 Å². The van der Waals surface area contributed by atoms with Crippen molar-refractivity contribution in [3.63, 3.8) is 0 Å². The Hall–Kier alpha value is -3.80. The van der Waals surface area contributed by atoms with Crippen molar-refractivity contribution in [2.45, 2.75) is 25.5 Å². The van der Waals surface area contributed by atoms with Crippen LogP contribution in [-0.4, -0.2) is 31.2 Å². The van der Waals surface area contributed by atoms with Gasteiger partial charge in [0.2, 0.25) is 5.91 Å². The van der Waals surface area contributed by atoms with Crippen molar-refractivity contribution in [3.05, 3.63) is 102 Å². The maximum atomic E-state index is 13.0. The Morgan fingerprint density at radius 3 is 2.33 bits per heavy atom. The lowest BCUT2D eigenvalue weighted by Gasteiger charge is -2.26. The van der Waals surface area contributed by atoms with E-state index >= 15 is 0 Å². The second-order valence-electron chi connectivity index (χ2n) is 8.18. The van der Waals surface area contributed by atoms with Crippen molar-refractivity contribution in [1.82, 2.24) is 10.6 Å². The smallest absolute Gasteiger partial charge is 0.408 e. The summed E-state index contributed by atoms with van der Waals surface area (Å²) in [7, 11) is 0. The lowest BCUT2D eigenvalue weighted by atomic mass is 9.96. The van der Waals surface area contributed by atoms with E-state index in [1.807, 2.05) is 84.9 Å². The molecule has 2 unspecified atom stereocenters. The van der Waals surface area contributed by atoms with E-state index in [-0.39, 0.29) is 18.4 Å². The maximum Gasteiger partial charge on any atom is 0.408 e.